The number of hydrogen-bond acceptors (Lipinski definition) is 3. The van der Waals surface area contributed by atoms with Crippen molar-refractivity contribution in [3.05, 3.63) is 0 Å². The topological polar surface area (TPSA) is 83.6 Å². The van der Waals surface area contributed by atoms with Crippen LogP contribution >= 0.6 is 0 Å². The number of amides is 1. The fraction of sp³-hybridized carbons (Fsp3) is 0.867. The minimum absolute atomic E-state index is 0.00771. The van der Waals surface area contributed by atoms with Gasteiger partial charge in [-0.15, -0.1) is 0 Å². The van der Waals surface area contributed by atoms with Crippen molar-refractivity contribution < 1.29 is 14.7 Å². The van der Waals surface area contributed by atoms with E-state index in [1.54, 1.807) is 4.90 Å². The third-order valence-corrected chi connectivity index (χ3v) is 5.32. The third-order valence-electron chi connectivity index (χ3n) is 5.32. The molecule has 0 saturated carbocycles. The minimum atomic E-state index is -0.808. The van der Waals surface area contributed by atoms with Crippen molar-refractivity contribution in [2.75, 3.05) is 19.6 Å². The van der Waals surface area contributed by atoms with E-state index < -0.39 is 16.8 Å². The highest BCUT2D eigenvalue weighted by Crippen LogP contribution is 2.40. The van der Waals surface area contributed by atoms with E-state index in [0.717, 1.165) is 0 Å². The zero-order valence-corrected chi connectivity index (χ0v) is 13.1. The summed E-state index contributed by atoms with van der Waals surface area (Å²) >= 11 is 0. The molecule has 1 aliphatic rings. The van der Waals surface area contributed by atoms with Crippen molar-refractivity contribution >= 4 is 11.9 Å². The zero-order chi connectivity index (χ0) is 15.6. The summed E-state index contributed by atoms with van der Waals surface area (Å²) in [5, 5.41) is 9.55. The number of carboxylic acid groups (broad SMARTS) is 1. The molecule has 1 fully saturated rings. The molecule has 1 saturated heterocycles. The average molecular weight is 284 g/mol. The highest BCUT2D eigenvalue weighted by molar-refractivity contribution is 5.85. The average Bonchev–Trinajstić information content (AvgIpc) is 2.87. The van der Waals surface area contributed by atoms with Gasteiger partial charge in [0.25, 0.3) is 0 Å². The lowest BCUT2D eigenvalue weighted by molar-refractivity contribution is -0.152. The lowest BCUT2D eigenvalue weighted by atomic mass is 9.76. The fourth-order valence-corrected chi connectivity index (χ4v) is 3.16. The molecule has 0 aromatic carbocycles. The summed E-state index contributed by atoms with van der Waals surface area (Å²) in [5.74, 6) is -0.767. The molecule has 5 heteroatoms. The van der Waals surface area contributed by atoms with Gasteiger partial charge >= 0.3 is 5.97 Å². The third kappa shape index (κ3) is 2.55. The fourth-order valence-electron chi connectivity index (χ4n) is 3.16. The number of nitrogens with zero attached hydrogens (tertiary/aromatic N) is 1. The summed E-state index contributed by atoms with van der Waals surface area (Å²) in [5.41, 5.74) is 4.48. The van der Waals surface area contributed by atoms with E-state index in [2.05, 4.69) is 0 Å². The van der Waals surface area contributed by atoms with E-state index in [-0.39, 0.29) is 11.8 Å². The van der Waals surface area contributed by atoms with Crippen LogP contribution in [-0.4, -0.2) is 41.5 Å². The molecule has 1 amide bonds. The standard InChI is InChI=1S/C15H28N2O3/c1-5-14(6-2,9-16)12(18)17-8-7-15(10-17,11(3)4)13(19)20/h11H,5-10,16H2,1-4H3,(H,19,20). The van der Waals surface area contributed by atoms with Crippen molar-refractivity contribution in [1.82, 2.24) is 4.90 Å². The van der Waals surface area contributed by atoms with Crippen LogP contribution in [0.4, 0.5) is 0 Å². The molecule has 0 bridgehead atoms. The van der Waals surface area contributed by atoms with Gasteiger partial charge in [0.1, 0.15) is 0 Å². The van der Waals surface area contributed by atoms with Crippen molar-refractivity contribution in [2.24, 2.45) is 22.5 Å². The first-order valence-corrected chi connectivity index (χ1v) is 7.52. The molecule has 20 heavy (non-hydrogen) atoms. The number of nitrogens with two attached hydrogens (primary N) is 1. The van der Waals surface area contributed by atoms with Gasteiger partial charge in [0.2, 0.25) is 5.91 Å². The van der Waals surface area contributed by atoms with Gasteiger partial charge in [-0.2, -0.15) is 0 Å². The first-order valence-electron chi connectivity index (χ1n) is 7.52. The number of rotatable bonds is 6. The number of carbonyl (C=O) groups is 2. The molecule has 5 nitrogen and oxygen atoms in total. The van der Waals surface area contributed by atoms with Crippen molar-refractivity contribution in [3.8, 4) is 0 Å². The second-order valence-electron chi connectivity index (χ2n) is 6.28. The summed E-state index contributed by atoms with van der Waals surface area (Å²) in [4.78, 5) is 26.1. The van der Waals surface area contributed by atoms with Gasteiger partial charge in [-0.1, -0.05) is 27.7 Å². The Labute approximate surface area is 121 Å². The molecule has 1 atom stereocenters. The quantitative estimate of drug-likeness (QED) is 0.777. The van der Waals surface area contributed by atoms with Crippen LogP contribution in [0, 0.1) is 16.7 Å². The van der Waals surface area contributed by atoms with Gasteiger partial charge in [0.15, 0.2) is 0 Å². The molecule has 0 aromatic heterocycles. The number of carbonyl (C=O) groups excluding carboxylic acids is 1. The lowest BCUT2D eigenvalue weighted by Gasteiger charge is -2.35. The predicted molar refractivity (Wildman–Crippen MR) is 78.2 cm³/mol. The summed E-state index contributed by atoms with van der Waals surface area (Å²) in [6.45, 7) is 8.91. The van der Waals surface area contributed by atoms with E-state index in [1.807, 2.05) is 27.7 Å². The Morgan fingerprint density at radius 3 is 2.20 bits per heavy atom. The molecule has 0 spiro atoms. The van der Waals surface area contributed by atoms with E-state index in [1.165, 1.54) is 0 Å². The number of likely N-dealkylation sites (tertiary alicyclic amines) is 1. The maximum atomic E-state index is 12.7. The largest absolute Gasteiger partial charge is 0.481 e. The molecule has 0 radical (unpaired) electrons. The maximum Gasteiger partial charge on any atom is 0.311 e. The summed E-state index contributed by atoms with van der Waals surface area (Å²) in [6, 6.07) is 0. The van der Waals surface area contributed by atoms with Crippen LogP contribution in [0.1, 0.15) is 47.0 Å². The Morgan fingerprint density at radius 1 is 1.35 bits per heavy atom. The Balaban J connectivity index is 2.97. The second kappa shape index (κ2) is 6.12. The van der Waals surface area contributed by atoms with Crippen LogP contribution in [0.15, 0.2) is 0 Å². The first-order chi connectivity index (χ1) is 9.29. The normalized spacial score (nSPS) is 23.4. The zero-order valence-electron chi connectivity index (χ0n) is 13.1. The van der Waals surface area contributed by atoms with Crippen molar-refractivity contribution in [1.29, 1.82) is 0 Å². The molecule has 0 aromatic rings. The highest BCUT2D eigenvalue weighted by Gasteiger charge is 2.50. The van der Waals surface area contributed by atoms with E-state index in [9.17, 15) is 14.7 Å². The number of aliphatic carboxylic acids is 1. The smallest absolute Gasteiger partial charge is 0.311 e. The van der Waals surface area contributed by atoms with Crippen LogP contribution in [0.3, 0.4) is 0 Å². The van der Waals surface area contributed by atoms with Crippen LogP contribution in [0.5, 0.6) is 0 Å². The van der Waals surface area contributed by atoms with Crippen LogP contribution in [0.2, 0.25) is 0 Å². The molecule has 116 valence electrons. The molecule has 0 aliphatic carbocycles. The van der Waals surface area contributed by atoms with Gasteiger partial charge in [0, 0.05) is 19.6 Å². The molecule has 1 unspecified atom stereocenters. The Morgan fingerprint density at radius 2 is 1.90 bits per heavy atom. The highest BCUT2D eigenvalue weighted by atomic mass is 16.4. The monoisotopic (exact) mass is 284 g/mol. The molecule has 3 N–H and O–H groups in total. The van der Waals surface area contributed by atoms with Gasteiger partial charge in [-0.05, 0) is 25.2 Å². The van der Waals surface area contributed by atoms with E-state index in [4.69, 9.17) is 5.73 Å². The SMILES string of the molecule is CCC(CC)(CN)C(=O)N1CCC(C(=O)O)(C(C)C)C1. The Kier molecular flexibility index (Phi) is 5.19. The Hall–Kier alpha value is -1.10. The molecule has 1 heterocycles. The molecular formula is C15H28N2O3. The first kappa shape index (κ1) is 17.0. The predicted octanol–water partition coefficient (Wildman–Crippen LogP) is 1.71. The number of carboxylic acids is 1. The Bertz CT molecular complexity index is 369. The van der Waals surface area contributed by atoms with Crippen LogP contribution < -0.4 is 5.73 Å². The minimum Gasteiger partial charge on any atom is -0.481 e. The molecular weight excluding hydrogens is 256 g/mol. The van der Waals surface area contributed by atoms with Crippen LogP contribution in [0.25, 0.3) is 0 Å². The lowest BCUT2D eigenvalue weighted by Crippen LogP contribution is -2.48. The maximum absolute atomic E-state index is 12.7. The van der Waals surface area contributed by atoms with Gasteiger partial charge in [-0.25, -0.2) is 0 Å². The summed E-state index contributed by atoms with van der Waals surface area (Å²) in [6.07, 6.45) is 1.91. The molecule has 1 rings (SSSR count). The van der Waals surface area contributed by atoms with Crippen molar-refractivity contribution in [3.63, 3.8) is 0 Å². The molecule has 1 aliphatic heterocycles. The van der Waals surface area contributed by atoms with E-state index >= 15 is 0 Å². The summed E-state index contributed by atoms with van der Waals surface area (Å²) in [7, 11) is 0. The van der Waals surface area contributed by atoms with Gasteiger partial charge in [-0.3, -0.25) is 9.59 Å². The number of hydrogen-bond donors (Lipinski definition) is 2. The van der Waals surface area contributed by atoms with Gasteiger partial charge in [0.05, 0.1) is 10.8 Å². The van der Waals surface area contributed by atoms with Crippen LogP contribution in [-0.2, 0) is 9.59 Å². The van der Waals surface area contributed by atoms with Crippen molar-refractivity contribution in [2.45, 2.75) is 47.0 Å². The van der Waals surface area contributed by atoms with Gasteiger partial charge < -0.3 is 15.7 Å². The summed E-state index contributed by atoms with van der Waals surface area (Å²) < 4.78 is 0. The van der Waals surface area contributed by atoms with E-state index in [0.29, 0.717) is 38.9 Å². The second-order valence-corrected chi connectivity index (χ2v) is 6.28.